The van der Waals surface area contributed by atoms with Gasteiger partial charge in [0.2, 0.25) is 0 Å². The van der Waals surface area contributed by atoms with Crippen LogP contribution >= 0.6 is 0 Å². The van der Waals surface area contributed by atoms with Gasteiger partial charge < -0.3 is 10.6 Å². The van der Waals surface area contributed by atoms with Crippen LogP contribution < -0.4 is 5.73 Å². The zero-order valence-electron chi connectivity index (χ0n) is 12.9. The molecule has 0 aromatic heterocycles. The average Bonchev–Trinajstić information content (AvgIpc) is 2.31. The molecule has 0 bridgehead atoms. The van der Waals surface area contributed by atoms with Gasteiger partial charge in [-0.3, -0.25) is 4.90 Å². The van der Waals surface area contributed by atoms with E-state index in [1.807, 2.05) is 0 Å². The highest BCUT2D eigenvalue weighted by Gasteiger charge is 2.22. The van der Waals surface area contributed by atoms with Crippen molar-refractivity contribution < 1.29 is 0 Å². The normalized spacial score (nSPS) is 22.3. The van der Waals surface area contributed by atoms with Gasteiger partial charge in [-0.15, -0.1) is 0 Å². The van der Waals surface area contributed by atoms with Gasteiger partial charge in [0.25, 0.3) is 0 Å². The molecule has 0 aromatic carbocycles. The number of nitrogens with zero attached hydrogens (tertiary/aromatic N) is 2. The summed E-state index contributed by atoms with van der Waals surface area (Å²) in [6, 6.07) is 0.597. The molecule has 18 heavy (non-hydrogen) atoms. The Labute approximate surface area is 114 Å². The fraction of sp³-hybridized carbons (Fsp3) is 1.00. The van der Waals surface area contributed by atoms with E-state index in [-0.39, 0.29) is 0 Å². The third kappa shape index (κ3) is 5.25. The monoisotopic (exact) mass is 255 g/mol. The Morgan fingerprint density at radius 1 is 1.06 bits per heavy atom. The summed E-state index contributed by atoms with van der Waals surface area (Å²) >= 11 is 0. The van der Waals surface area contributed by atoms with Gasteiger partial charge in [-0.05, 0) is 24.7 Å². The minimum atomic E-state index is 0.597. The lowest BCUT2D eigenvalue weighted by Gasteiger charge is -2.39. The number of nitrogens with two attached hydrogens (primary N) is 1. The molecule has 1 saturated heterocycles. The van der Waals surface area contributed by atoms with Gasteiger partial charge in [0.05, 0.1) is 0 Å². The van der Waals surface area contributed by atoms with Gasteiger partial charge in [-0.2, -0.15) is 0 Å². The molecule has 2 unspecified atom stereocenters. The summed E-state index contributed by atoms with van der Waals surface area (Å²) in [4.78, 5) is 5.20. The first-order chi connectivity index (χ1) is 8.56. The third-order valence-electron chi connectivity index (χ3n) is 4.11. The molecular weight excluding hydrogens is 222 g/mol. The standard InChI is InChI=1S/C15H33N3/c1-5-15(11-16)18-8-6-17(7-9-18)12-14(4)10-13(2)3/h13-15H,5-12,16H2,1-4H3. The number of piperazine rings is 1. The van der Waals surface area contributed by atoms with Crippen molar-refractivity contribution in [3.05, 3.63) is 0 Å². The van der Waals surface area contributed by atoms with Crippen molar-refractivity contribution in [2.75, 3.05) is 39.3 Å². The molecule has 108 valence electrons. The number of hydrogen-bond acceptors (Lipinski definition) is 3. The van der Waals surface area contributed by atoms with Crippen LogP contribution in [0.4, 0.5) is 0 Å². The van der Waals surface area contributed by atoms with Gasteiger partial charge in [-0.25, -0.2) is 0 Å². The summed E-state index contributed by atoms with van der Waals surface area (Å²) in [5.74, 6) is 1.65. The van der Waals surface area contributed by atoms with Crippen molar-refractivity contribution in [1.82, 2.24) is 9.80 Å². The second-order valence-electron chi connectivity index (χ2n) is 6.37. The van der Waals surface area contributed by atoms with Crippen LogP contribution in [0.25, 0.3) is 0 Å². The van der Waals surface area contributed by atoms with Crippen molar-refractivity contribution in [2.24, 2.45) is 17.6 Å². The maximum absolute atomic E-state index is 5.83. The highest BCUT2D eigenvalue weighted by atomic mass is 15.3. The Morgan fingerprint density at radius 2 is 1.67 bits per heavy atom. The number of rotatable bonds is 7. The van der Waals surface area contributed by atoms with Gasteiger partial charge in [-0.1, -0.05) is 27.7 Å². The fourth-order valence-corrected chi connectivity index (χ4v) is 3.21. The van der Waals surface area contributed by atoms with Crippen LogP contribution in [-0.4, -0.2) is 55.1 Å². The van der Waals surface area contributed by atoms with E-state index in [4.69, 9.17) is 5.73 Å². The summed E-state index contributed by atoms with van der Waals surface area (Å²) in [5.41, 5.74) is 5.83. The smallest absolute Gasteiger partial charge is 0.0216 e. The Morgan fingerprint density at radius 3 is 2.11 bits per heavy atom. The highest BCUT2D eigenvalue weighted by Crippen LogP contribution is 2.15. The van der Waals surface area contributed by atoms with Crippen molar-refractivity contribution in [2.45, 2.75) is 46.6 Å². The highest BCUT2D eigenvalue weighted by molar-refractivity contribution is 4.79. The molecule has 0 radical (unpaired) electrons. The van der Waals surface area contributed by atoms with E-state index in [0.717, 1.165) is 18.4 Å². The van der Waals surface area contributed by atoms with E-state index in [1.54, 1.807) is 0 Å². The zero-order chi connectivity index (χ0) is 13.5. The van der Waals surface area contributed by atoms with Gasteiger partial charge in [0.15, 0.2) is 0 Å². The minimum absolute atomic E-state index is 0.597. The summed E-state index contributed by atoms with van der Waals surface area (Å²) in [7, 11) is 0. The van der Waals surface area contributed by atoms with E-state index < -0.39 is 0 Å². The maximum Gasteiger partial charge on any atom is 0.0216 e. The van der Waals surface area contributed by atoms with E-state index >= 15 is 0 Å². The summed E-state index contributed by atoms with van der Waals surface area (Å²) in [6.45, 7) is 16.2. The second-order valence-corrected chi connectivity index (χ2v) is 6.37. The molecule has 1 fully saturated rings. The lowest BCUT2D eigenvalue weighted by Crippen LogP contribution is -2.52. The van der Waals surface area contributed by atoms with E-state index in [0.29, 0.717) is 6.04 Å². The van der Waals surface area contributed by atoms with Crippen LogP contribution in [0.3, 0.4) is 0 Å². The van der Waals surface area contributed by atoms with E-state index in [2.05, 4.69) is 37.5 Å². The van der Waals surface area contributed by atoms with Gasteiger partial charge in [0.1, 0.15) is 0 Å². The summed E-state index contributed by atoms with van der Waals surface area (Å²) in [6.07, 6.45) is 2.53. The molecular formula is C15H33N3. The molecule has 0 amide bonds. The summed E-state index contributed by atoms with van der Waals surface area (Å²) in [5, 5.41) is 0. The molecule has 3 nitrogen and oxygen atoms in total. The largest absolute Gasteiger partial charge is 0.329 e. The Hall–Kier alpha value is -0.120. The fourth-order valence-electron chi connectivity index (χ4n) is 3.21. The zero-order valence-corrected chi connectivity index (χ0v) is 12.9. The Balaban J connectivity index is 2.26. The van der Waals surface area contributed by atoms with Gasteiger partial charge >= 0.3 is 0 Å². The molecule has 1 rings (SSSR count). The van der Waals surface area contributed by atoms with Gasteiger partial charge in [0, 0.05) is 45.3 Å². The minimum Gasteiger partial charge on any atom is -0.329 e. The quantitative estimate of drug-likeness (QED) is 0.755. The van der Waals surface area contributed by atoms with Crippen LogP contribution in [0.15, 0.2) is 0 Å². The van der Waals surface area contributed by atoms with Crippen molar-refractivity contribution in [1.29, 1.82) is 0 Å². The SMILES string of the molecule is CCC(CN)N1CCN(CC(C)CC(C)C)CC1. The maximum atomic E-state index is 5.83. The van der Waals surface area contributed by atoms with E-state index in [9.17, 15) is 0 Å². The molecule has 0 spiro atoms. The van der Waals surface area contributed by atoms with Crippen molar-refractivity contribution >= 4 is 0 Å². The van der Waals surface area contributed by atoms with Crippen LogP contribution in [-0.2, 0) is 0 Å². The average molecular weight is 255 g/mol. The molecule has 0 aromatic rings. The Kier molecular flexibility index (Phi) is 7.20. The molecule has 3 heteroatoms. The first-order valence-corrected chi connectivity index (χ1v) is 7.73. The Bertz CT molecular complexity index is 206. The van der Waals surface area contributed by atoms with Crippen molar-refractivity contribution in [3.8, 4) is 0 Å². The lowest BCUT2D eigenvalue weighted by atomic mass is 9.98. The first-order valence-electron chi connectivity index (χ1n) is 7.73. The van der Waals surface area contributed by atoms with E-state index in [1.165, 1.54) is 45.6 Å². The first kappa shape index (κ1) is 15.9. The van der Waals surface area contributed by atoms with Crippen molar-refractivity contribution in [3.63, 3.8) is 0 Å². The molecule has 1 aliphatic rings. The number of hydrogen-bond donors (Lipinski definition) is 1. The molecule has 0 aliphatic carbocycles. The lowest BCUT2D eigenvalue weighted by molar-refractivity contribution is 0.0860. The van der Waals surface area contributed by atoms with Crippen LogP contribution in [0.1, 0.15) is 40.5 Å². The third-order valence-corrected chi connectivity index (χ3v) is 4.11. The molecule has 1 aliphatic heterocycles. The predicted octanol–water partition coefficient (Wildman–Crippen LogP) is 2.02. The molecule has 2 atom stereocenters. The molecule has 2 N–H and O–H groups in total. The topological polar surface area (TPSA) is 32.5 Å². The second kappa shape index (κ2) is 8.13. The summed E-state index contributed by atoms with van der Waals surface area (Å²) < 4.78 is 0. The van der Waals surface area contributed by atoms with Crippen LogP contribution in [0.5, 0.6) is 0 Å². The molecule has 0 saturated carbocycles. The predicted molar refractivity (Wildman–Crippen MR) is 79.8 cm³/mol. The van der Waals surface area contributed by atoms with Crippen LogP contribution in [0.2, 0.25) is 0 Å². The molecule has 1 heterocycles. The van der Waals surface area contributed by atoms with Crippen LogP contribution in [0, 0.1) is 11.8 Å².